The summed E-state index contributed by atoms with van der Waals surface area (Å²) in [6.45, 7) is -0.453. The topological polar surface area (TPSA) is 140 Å². The molecule has 3 heterocycles. The number of imidazole rings is 1. The van der Waals surface area contributed by atoms with Crippen LogP contribution in [-0.2, 0) is 13.8 Å². The van der Waals surface area contributed by atoms with Gasteiger partial charge in [0.05, 0.1) is 19.0 Å². The predicted octanol–water partition coefficient (Wildman–Crippen LogP) is 0.891. The van der Waals surface area contributed by atoms with Gasteiger partial charge in [-0.3, -0.25) is 9.09 Å². The summed E-state index contributed by atoms with van der Waals surface area (Å²) in [5.74, 6) is 0. The van der Waals surface area contributed by atoms with Gasteiger partial charge in [-0.15, -0.1) is 0 Å². The van der Waals surface area contributed by atoms with Crippen molar-refractivity contribution < 1.29 is 28.7 Å². The molecule has 0 bridgehead atoms. The summed E-state index contributed by atoms with van der Waals surface area (Å²) in [4.78, 5) is 29.3. The molecule has 2 aromatic heterocycles. The molecule has 0 aliphatic carbocycles. The highest BCUT2D eigenvalue weighted by Crippen LogP contribution is 2.38. The Hall–Kier alpha value is -0.840. The summed E-state index contributed by atoms with van der Waals surface area (Å²) in [6.07, 6.45) is -0.984. The molecular weight excluding hydrogens is 374 g/mol. The first kappa shape index (κ1) is 17.0. The van der Waals surface area contributed by atoms with Crippen LogP contribution in [0.2, 0.25) is 10.4 Å². The molecule has 0 saturated carbocycles. The number of aliphatic hydroxyl groups is 1. The number of aromatic nitrogens is 4. The number of hydrogen-bond donors (Lipinski definition) is 3. The van der Waals surface area contributed by atoms with Crippen molar-refractivity contribution in [2.75, 3.05) is 6.61 Å². The zero-order valence-electron chi connectivity index (χ0n) is 11.3. The molecule has 1 aliphatic heterocycles. The standard InChI is InChI=1S/C10H11Cl2N4O6P/c11-8-7-9(15-10(12)14-8)16(3-13-7)6-1-4(17)5(22-6)2-21-23(18,19)20/h3-6,17H,1-2H2,(H2,18,19,20)/t4?,5-,6-/m1/s1. The smallest absolute Gasteiger partial charge is 0.390 e. The summed E-state index contributed by atoms with van der Waals surface area (Å²) >= 11 is 11.7. The van der Waals surface area contributed by atoms with Gasteiger partial charge in [0.1, 0.15) is 17.8 Å². The van der Waals surface area contributed by atoms with Gasteiger partial charge in [0, 0.05) is 6.42 Å². The Balaban J connectivity index is 1.82. The molecule has 0 radical (unpaired) electrons. The molecule has 1 saturated heterocycles. The Morgan fingerprint density at radius 3 is 2.87 bits per heavy atom. The minimum Gasteiger partial charge on any atom is -0.390 e. The van der Waals surface area contributed by atoms with Gasteiger partial charge in [0.25, 0.3) is 0 Å². The van der Waals surface area contributed by atoms with Crippen LogP contribution in [0.5, 0.6) is 0 Å². The second-order valence-corrected chi connectivity index (χ2v) is 6.76. The lowest BCUT2D eigenvalue weighted by Gasteiger charge is -2.16. The van der Waals surface area contributed by atoms with E-state index >= 15 is 0 Å². The molecule has 0 amide bonds. The van der Waals surface area contributed by atoms with Crippen molar-refractivity contribution in [3.63, 3.8) is 0 Å². The number of phosphoric ester groups is 1. The van der Waals surface area contributed by atoms with E-state index in [1.165, 1.54) is 10.9 Å². The fourth-order valence-corrected chi connectivity index (χ4v) is 3.04. The summed E-state index contributed by atoms with van der Waals surface area (Å²) in [5, 5.41) is 9.98. The van der Waals surface area contributed by atoms with Crippen molar-refractivity contribution in [1.29, 1.82) is 0 Å². The molecule has 23 heavy (non-hydrogen) atoms. The normalized spacial score (nSPS) is 25.3. The summed E-state index contributed by atoms with van der Waals surface area (Å²) in [7, 11) is -4.64. The van der Waals surface area contributed by atoms with Gasteiger partial charge in [0.15, 0.2) is 10.8 Å². The van der Waals surface area contributed by atoms with Crippen molar-refractivity contribution >= 4 is 42.2 Å². The second-order valence-electron chi connectivity index (χ2n) is 4.83. The minimum atomic E-state index is -4.64. The van der Waals surface area contributed by atoms with E-state index in [1.54, 1.807) is 0 Å². The second kappa shape index (κ2) is 6.23. The number of ether oxygens (including phenoxy) is 1. The van der Waals surface area contributed by atoms with E-state index in [-0.39, 0.29) is 16.9 Å². The number of fused-ring (bicyclic) bond motifs is 1. The van der Waals surface area contributed by atoms with E-state index in [1.807, 2.05) is 0 Å². The van der Waals surface area contributed by atoms with Gasteiger partial charge in [0.2, 0.25) is 5.28 Å². The number of phosphoric acid groups is 1. The lowest BCUT2D eigenvalue weighted by Crippen LogP contribution is -2.25. The van der Waals surface area contributed by atoms with Crippen molar-refractivity contribution in [2.24, 2.45) is 0 Å². The zero-order chi connectivity index (χ0) is 16.8. The average molecular weight is 385 g/mol. The van der Waals surface area contributed by atoms with Crippen LogP contribution in [0, 0.1) is 0 Å². The van der Waals surface area contributed by atoms with Crippen LogP contribution < -0.4 is 0 Å². The van der Waals surface area contributed by atoms with Crippen LogP contribution in [0.25, 0.3) is 11.2 Å². The fourth-order valence-electron chi connectivity index (χ4n) is 2.27. The molecule has 126 valence electrons. The maximum absolute atomic E-state index is 10.7. The van der Waals surface area contributed by atoms with Gasteiger partial charge in [-0.25, -0.2) is 14.5 Å². The van der Waals surface area contributed by atoms with E-state index in [0.717, 1.165) is 0 Å². The maximum Gasteiger partial charge on any atom is 0.469 e. The van der Waals surface area contributed by atoms with E-state index < -0.39 is 32.9 Å². The maximum atomic E-state index is 10.7. The summed E-state index contributed by atoms with van der Waals surface area (Å²) in [6, 6.07) is 0. The molecule has 0 spiro atoms. The Bertz CT molecular complexity index is 782. The molecule has 10 nitrogen and oxygen atoms in total. The monoisotopic (exact) mass is 384 g/mol. The molecule has 0 aromatic carbocycles. The van der Waals surface area contributed by atoms with Gasteiger partial charge >= 0.3 is 7.82 Å². The lowest BCUT2D eigenvalue weighted by atomic mass is 10.2. The molecule has 1 fully saturated rings. The molecular formula is C10H11Cl2N4O6P. The van der Waals surface area contributed by atoms with E-state index in [2.05, 4.69) is 19.5 Å². The summed E-state index contributed by atoms with van der Waals surface area (Å²) < 4.78 is 22.2. The van der Waals surface area contributed by atoms with E-state index in [9.17, 15) is 9.67 Å². The van der Waals surface area contributed by atoms with Gasteiger partial charge in [-0.2, -0.15) is 4.98 Å². The molecule has 1 aliphatic rings. The fraction of sp³-hybridized carbons (Fsp3) is 0.500. The van der Waals surface area contributed by atoms with Crippen LogP contribution >= 0.6 is 31.0 Å². The first-order valence-electron chi connectivity index (χ1n) is 6.34. The molecule has 2 aromatic rings. The van der Waals surface area contributed by atoms with Gasteiger partial charge < -0.3 is 19.6 Å². The Kier molecular flexibility index (Phi) is 4.60. The van der Waals surface area contributed by atoms with Crippen molar-refractivity contribution in [2.45, 2.75) is 24.9 Å². The molecule has 13 heteroatoms. The predicted molar refractivity (Wildman–Crippen MR) is 77.9 cm³/mol. The first-order chi connectivity index (χ1) is 10.7. The van der Waals surface area contributed by atoms with Crippen LogP contribution in [-0.4, -0.2) is 53.2 Å². The molecule has 1 unspecified atom stereocenters. The van der Waals surface area contributed by atoms with E-state index in [0.29, 0.717) is 11.2 Å². The minimum absolute atomic E-state index is 0.0656. The average Bonchev–Trinajstić information content (AvgIpc) is 2.99. The third-order valence-corrected chi connectivity index (χ3v) is 4.19. The van der Waals surface area contributed by atoms with Crippen molar-refractivity contribution in [3.05, 3.63) is 16.8 Å². The first-order valence-corrected chi connectivity index (χ1v) is 8.62. The van der Waals surface area contributed by atoms with Crippen LogP contribution in [0.3, 0.4) is 0 Å². The highest BCUT2D eigenvalue weighted by Gasteiger charge is 2.37. The van der Waals surface area contributed by atoms with E-state index in [4.69, 9.17) is 37.7 Å². The van der Waals surface area contributed by atoms with Crippen LogP contribution in [0.1, 0.15) is 12.6 Å². The van der Waals surface area contributed by atoms with Crippen LogP contribution in [0.4, 0.5) is 0 Å². The van der Waals surface area contributed by atoms with Gasteiger partial charge in [-0.05, 0) is 11.6 Å². The third-order valence-electron chi connectivity index (χ3n) is 3.27. The number of aliphatic hydroxyl groups excluding tert-OH is 1. The largest absolute Gasteiger partial charge is 0.469 e. The zero-order valence-corrected chi connectivity index (χ0v) is 13.7. The Labute approximate surface area is 139 Å². The molecule has 3 rings (SSSR count). The quantitative estimate of drug-likeness (QED) is 0.398. The third kappa shape index (κ3) is 3.65. The Morgan fingerprint density at radius 1 is 1.43 bits per heavy atom. The van der Waals surface area contributed by atoms with Crippen molar-refractivity contribution in [1.82, 2.24) is 19.5 Å². The number of hydrogen-bond acceptors (Lipinski definition) is 7. The van der Waals surface area contributed by atoms with Crippen molar-refractivity contribution in [3.8, 4) is 0 Å². The molecule has 3 atom stereocenters. The number of nitrogens with zero attached hydrogens (tertiary/aromatic N) is 4. The Morgan fingerprint density at radius 2 is 2.17 bits per heavy atom. The summed E-state index contributed by atoms with van der Waals surface area (Å²) in [5.41, 5.74) is 0.646. The SMILES string of the molecule is O=P(O)(O)OC[C@H]1O[C@@H](n2cnc3c(Cl)nc(Cl)nc32)CC1O. The number of rotatable bonds is 4. The molecule has 3 N–H and O–H groups in total. The lowest BCUT2D eigenvalue weighted by molar-refractivity contribution is -0.0424. The highest BCUT2D eigenvalue weighted by molar-refractivity contribution is 7.46. The highest BCUT2D eigenvalue weighted by atomic mass is 35.5. The van der Waals surface area contributed by atoms with Gasteiger partial charge in [-0.1, -0.05) is 11.6 Å². The van der Waals surface area contributed by atoms with Crippen LogP contribution in [0.15, 0.2) is 6.33 Å². The number of halogens is 2.